The summed E-state index contributed by atoms with van der Waals surface area (Å²) in [5.41, 5.74) is 4.10. The Kier molecular flexibility index (Phi) is 6.40. The van der Waals surface area contributed by atoms with Gasteiger partial charge < -0.3 is 19.8 Å². The molecule has 35 heavy (non-hydrogen) atoms. The molecule has 5 nitrogen and oxygen atoms in total. The summed E-state index contributed by atoms with van der Waals surface area (Å²) in [4.78, 5) is 16.4. The van der Waals surface area contributed by atoms with Gasteiger partial charge in [0.05, 0.1) is 20.6 Å². The number of hydrogen-bond acceptors (Lipinski definition) is 3. The van der Waals surface area contributed by atoms with Crippen molar-refractivity contribution in [2.75, 3.05) is 20.8 Å². The van der Waals surface area contributed by atoms with E-state index >= 15 is 0 Å². The van der Waals surface area contributed by atoms with E-state index in [4.69, 9.17) is 9.47 Å². The van der Waals surface area contributed by atoms with Crippen molar-refractivity contribution >= 4 is 27.6 Å². The second-order valence-electron chi connectivity index (χ2n) is 8.59. The average molecular weight is 465 g/mol. The summed E-state index contributed by atoms with van der Waals surface area (Å²) < 4.78 is 11.3. The van der Waals surface area contributed by atoms with Crippen molar-refractivity contribution in [2.45, 2.75) is 12.3 Å². The molecule has 1 heterocycles. The first-order valence-corrected chi connectivity index (χ1v) is 11.7. The highest BCUT2D eigenvalue weighted by molar-refractivity contribution is 5.86. The van der Waals surface area contributed by atoms with Crippen LogP contribution in [-0.2, 0) is 11.2 Å². The summed E-state index contributed by atoms with van der Waals surface area (Å²) in [6, 6.07) is 28.4. The Morgan fingerprint density at radius 1 is 0.857 bits per heavy atom. The van der Waals surface area contributed by atoms with Crippen molar-refractivity contribution in [3.8, 4) is 11.5 Å². The molecule has 0 spiro atoms. The quantitative estimate of drug-likeness (QED) is 0.304. The van der Waals surface area contributed by atoms with Gasteiger partial charge in [0.2, 0.25) is 5.91 Å². The maximum Gasteiger partial charge on any atom is 0.224 e. The van der Waals surface area contributed by atoms with Crippen molar-refractivity contribution in [1.82, 2.24) is 10.3 Å². The summed E-state index contributed by atoms with van der Waals surface area (Å²) in [5.74, 6) is 1.19. The zero-order valence-electron chi connectivity index (χ0n) is 19.9. The highest BCUT2D eigenvalue weighted by Gasteiger charge is 2.24. The summed E-state index contributed by atoms with van der Waals surface area (Å²) in [6.07, 6.45) is 2.34. The standard InChI is InChI=1S/C30H28N2O3/c1-34-28-13-7-11-24(30(28)35-2)26(25-18-31-27-12-6-5-10-23(25)27)19-32-29(33)17-20-14-15-21-8-3-4-9-22(21)16-20/h3-16,18,26,31H,17,19H2,1-2H3,(H,32,33). The fraction of sp³-hybridized carbons (Fsp3) is 0.167. The van der Waals surface area contributed by atoms with Crippen LogP contribution >= 0.6 is 0 Å². The number of carbonyl (C=O) groups is 1. The molecule has 0 aliphatic rings. The minimum Gasteiger partial charge on any atom is -0.493 e. The summed E-state index contributed by atoms with van der Waals surface area (Å²) in [7, 11) is 3.28. The number of aromatic nitrogens is 1. The predicted molar refractivity (Wildman–Crippen MR) is 140 cm³/mol. The van der Waals surface area contributed by atoms with Crippen LogP contribution in [0.2, 0.25) is 0 Å². The lowest BCUT2D eigenvalue weighted by atomic mass is 9.89. The van der Waals surface area contributed by atoms with Gasteiger partial charge in [0.15, 0.2) is 11.5 Å². The first-order valence-electron chi connectivity index (χ1n) is 11.7. The van der Waals surface area contributed by atoms with Gasteiger partial charge in [-0.2, -0.15) is 0 Å². The number of fused-ring (bicyclic) bond motifs is 2. The Hall–Kier alpha value is -4.25. The largest absolute Gasteiger partial charge is 0.493 e. The Morgan fingerprint density at radius 3 is 2.49 bits per heavy atom. The van der Waals surface area contributed by atoms with Crippen LogP contribution in [0.25, 0.3) is 21.7 Å². The van der Waals surface area contributed by atoms with Gasteiger partial charge in [0.1, 0.15) is 0 Å². The van der Waals surface area contributed by atoms with Crippen molar-refractivity contribution in [1.29, 1.82) is 0 Å². The number of H-pyrrole nitrogens is 1. The van der Waals surface area contributed by atoms with Crippen molar-refractivity contribution < 1.29 is 14.3 Å². The van der Waals surface area contributed by atoms with Crippen LogP contribution in [0.15, 0.2) is 91.1 Å². The normalized spacial score (nSPS) is 11.9. The Bertz CT molecular complexity index is 1490. The van der Waals surface area contributed by atoms with E-state index in [2.05, 4.69) is 46.7 Å². The molecule has 176 valence electrons. The molecule has 0 bridgehead atoms. The van der Waals surface area contributed by atoms with Crippen molar-refractivity contribution in [3.05, 3.63) is 108 Å². The molecule has 4 aromatic carbocycles. The van der Waals surface area contributed by atoms with Gasteiger partial charge in [-0.25, -0.2) is 0 Å². The third-order valence-electron chi connectivity index (χ3n) is 6.49. The van der Waals surface area contributed by atoms with Crippen LogP contribution in [-0.4, -0.2) is 31.7 Å². The fourth-order valence-corrected chi connectivity index (χ4v) is 4.77. The Labute approximate surface area is 204 Å². The fourth-order valence-electron chi connectivity index (χ4n) is 4.77. The Morgan fingerprint density at radius 2 is 1.66 bits per heavy atom. The lowest BCUT2D eigenvalue weighted by Crippen LogP contribution is -2.30. The lowest BCUT2D eigenvalue weighted by molar-refractivity contribution is -0.120. The number of methoxy groups -OCH3 is 2. The maximum absolute atomic E-state index is 13.0. The maximum atomic E-state index is 13.0. The van der Waals surface area contributed by atoms with E-state index in [9.17, 15) is 4.79 Å². The molecule has 5 rings (SSSR count). The van der Waals surface area contributed by atoms with E-state index in [1.165, 1.54) is 5.39 Å². The van der Waals surface area contributed by atoms with E-state index in [1.807, 2.05) is 54.7 Å². The molecule has 0 fully saturated rings. The smallest absolute Gasteiger partial charge is 0.224 e. The molecule has 1 unspecified atom stereocenters. The van der Waals surface area contributed by atoms with Gasteiger partial charge in [0.25, 0.3) is 0 Å². The third kappa shape index (κ3) is 4.58. The molecule has 5 aromatic rings. The third-order valence-corrected chi connectivity index (χ3v) is 6.49. The van der Waals surface area contributed by atoms with Crippen LogP contribution in [0, 0.1) is 0 Å². The van der Waals surface area contributed by atoms with Crippen molar-refractivity contribution in [3.63, 3.8) is 0 Å². The van der Waals surface area contributed by atoms with Gasteiger partial charge in [0, 0.05) is 35.1 Å². The first kappa shape index (κ1) is 22.5. The molecule has 0 aliphatic heterocycles. The minimum atomic E-state index is -0.128. The zero-order valence-corrected chi connectivity index (χ0v) is 19.9. The van der Waals surface area contributed by atoms with Crippen molar-refractivity contribution in [2.24, 2.45) is 0 Å². The molecule has 5 heteroatoms. The summed E-state index contributed by atoms with van der Waals surface area (Å²) >= 11 is 0. The number of ether oxygens (including phenoxy) is 2. The van der Waals surface area contributed by atoms with E-state index < -0.39 is 0 Å². The van der Waals surface area contributed by atoms with E-state index in [0.29, 0.717) is 24.5 Å². The van der Waals surface area contributed by atoms with E-state index in [0.717, 1.165) is 33.0 Å². The molecule has 0 saturated carbocycles. The summed E-state index contributed by atoms with van der Waals surface area (Å²) in [6.45, 7) is 0.428. The highest BCUT2D eigenvalue weighted by atomic mass is 16.5. The molecule has 0 radical (unpaired) electrons. The topological polar surface area (TPSA) is 63.3 Å². The number of aromatic amines is 1. The van der Waals surface area contributed by atoms with Gasteiger partial charge >= 0.3 is 0 Å². The molecule has 1 amide bonds. The van der Waals surface area contributed by atoms with Gasteiger partial charge in [-0.1, -0.05) is 72.8 Å². The molecule has 0 aliphatic carbocycles. The van der Waals surface area contributed by atoms with Crippen LogP contribution in [0.1, 0.15) is 22.6 Å². The second kappa shape index (κ2) is 9.94. The van der Waals surface area contributed by atoms with Crippen LogP contribution in [0.5, 0.6) is 11.5 Å². The number of rotatable bonds is 8. The van der Waals surface area contributed by atoms with E-state index in [1.54, 1.807) is 14.2 Å². The molecule has 0 saturated heterocycles. The number of para-hydroxylation sites is 2. The van der Waals surface area contributed by atoms with Gasteiger partial charge in [-0.3, -0.25) is 4.79 Å². The number of carbonyl (C=O) groups excluding carboxylic acids is 1. The molecule has 1 aromatic heterocycles. The number of benzene rings is 4. The van der Waals surface area contributed by atoms with Crippen LogP contribution < -0.4 is 14.8 Å². The predicted octanol–water partition coefficient (Wildman–Crippen LogP) is 5.83. The monoisotopic (exact) mass is 464 g/mol. The van der Waals surface area contributed by atoms with Gasteiger partial charge in [-0.15, -0.1) is 0 Å². The number of nitrogens with one attached hydrogen (secondary N) is 2. The highest BCUT2D eigenvalue weighted by Crippen LogP contribution is 2.40. The molecular formula is C30H28N2O3. The zero-order chi connectivity index (χ0) is 24.2. The summed E-state index contributed by atoms with van der Waals surface area (Å²) in [5, 5.41) is 6.59. The lowest BCUT2D eigenvalue weighted by Gasteiger charge is -2.22. The van der Waals surface area contributed by atoms with Crippen LogP contribution in [0.3, 0.4) is 0 Å². The first-order chi connectivity index (χ1) is 17.2. The second-order valence-corrected chi connectivity index (χ2v) is 8.59. The van der Waals surface area contributed by atoms with Crippen LogP contribution in [0.4, 0.5) is 0 Å². The Balaban J connectivity index is 1.44. The number of hydrogen-bond donors (Lipinski definition) is 2. The molecule has 2 N–H and O–H groups in total. The average Bonchev–Trinajstić information content (AvgIpc) is 3.32. The molecular weight excluding hydrogens is 436 g/mol. The minimum absolute atomic E-state index is 0.0213. The SMILES string of the molecule is COc1cccc(C(CNC(=O)Cc2ccc3ccccc3c2)c2c[nH]c3ccccc23)c1OC. The van der Waals surface area contributed by atoms with Gasteiger partial charge in [-0.05, 0) is 34.0 Å². The van der Waals surface area contributed by atoms with E-state index in [-0.39, 0.29) is 11.8 Å². The molecule has 1 atom stereocenters. The number of amides is 1.